The SMILES string of the molecule is O=C(O)CN1C(=O)/C(=C2\SC(=Nc3cccc(C(F)(F)F)c3)NC2=O)c2ccccc21. The van der Waals surface area contributed by atoms with Gasteiger partial charge in [0.25, 0.3) is 11.8 Å². The monoisotopic (exact) mass is 447 g/mol. The van der Waals surface area contributed by atoms with E-state index in [4.69, 9.17) is 5.11 Å². The number of amides is 2. The summed E-state index contributed by atoms with van der Waals surface area (Å²) in [5.41, 5.74) is -0.129. The number of amidine groups is 1. The third-order valence-electron chi connectivity index (χ3n) is 4.47. The van der Waals surface area contributed by atoms with Crippen molar-refractivity contribution in [1.29, 1.82) is 0 Å². The van der Waals surface area contributed by atoms with Gasteiger partial charge in [-0.25, -0.2) is 4.99 Å². The molecule has 4 rings (SSSR count). The van der Waals surface area contributed by atoms with Crippen molar-refractivity contribution in [2.75, 3.05) is 11.4 Å². The molecular formula is C20H12F3N3O4S. The van der Waals surface area contributed by atoms with Crippen molar-refractivity contribution in [3.8, 4) is 0 Å². The summed E-state index contributed by atoms with van der Waals surface area (Å²) in [6.45, 7) is -0.579. The highest BCUT2D eigenvalue weighted by molar-refractivity contribution is 8.18. The van der Waals surface area contributed by atoms with Crippen LogP contribution in [0.5, 0.6) is 0 Å². The van der Waals surface area contributed by atoms with Crippen molar-refractivity contribution in [3.63, 3.8) is 0 Å². The number of carboxylic acids is 1. The second-order valence-corrected chi connectivity index (χ2v) is 7.53. The lowest BCUT2D eigenvalue weighted by Crippen LogP contribution is -2.32. The van der Waals surface area contributed by atoms with E-state index in [1.165, 1.54) is 12.1 Å². The van der Waals surface area contributed by atoms with Crippen LogP contribution >= 0.6 is 11.8 Å². The fraction of sp³-hybridized carbons (Fsp3) is 0.100. The quantitative estimate of drug-likeness (QED) is 0.703. The van der Waals surface area contributed by atoms with Crippen molar-refractivity contribution in [1.82, 2.24) is 5.32 Å². The number of carbonyl (C=O) groups excluding carboxylic acids is 2. The highest BCUT2D eigenvalue weighted by atomic mass is 32.2. The highest BCUT2D eigenvalue weighted by Gasteiger charge is 2.40. The topological polar surface area (TPSA) is 99.1 Å². The predicted molar refractivity (Wildman–Crippen MR) is 108 cm³/mol. The summed E-state index contributed by atoms with van der Waals surface area (Å²) in [5, 5.41) is 11.6. The van der Waals surface area contributed by atoms with E-state index in [2.05, 4.69) is 10.3 Å². The zero-order chi connectivity index (χ0) is 22.3. The third kappa shape index (κ3) is 3.91. The van der Waals surface area contributed by atoms with Gasteiger partial charge in [0.05, 0.1) is 27.4 Å². The molecule has 11 heteroatoms. The van der Waals surface area contributed by atoms with Crippen molar-refractivity contribution in [3.05, 3.63) is 64.6 Å². The second-order valence-electron chi connectivity index (χ2n) is 6.53. The number of fused-ring (bicyclic) bond motifs is 1. The van der Waals surface area contributed by atoms with Crippen LogP contribution in [0, 0.1) is 0 Å². The van der Waals surface area contributed by atoms with Crippen LogP contribution in [0.3, 0.4) is 0 Å². The first kappa shape index (κ1) is 20.7. The molecule has 0 aliphatic carbocycles. The number of halogens is 3. The van der Waals surface area contributed by atoms with E-state index in [9.17, 15) is 27.6 Å². The number of carbonyl (C=O) groups is 3. The van der Waals surface area contributed by atoms with Crippen LogP contribution in [-0.2, 0) is 20.6 Å². The Balaban J connectivity index is 1.72. The first-order valence-corrected chi connectivity index (χ1v) is 9.59. The molecule has 31 heavy (non-hydrogen) atoms. The van der Waals surface area contributed by atoms with E-state index in [1.54, 1.807) is 24.3 Å². The average Bonchev–Trinajstić information content (AvgIpc) is 3.18. The molecule has 0 saturated carbocycles. The highest BCUT2D eigenvalue weighted by Crippen LogP contribution is 2.42. The molecule has 2 aromatic carbocycles. The van der Waals surface area contributed by atoms with Crippen molar-refractivity contribution in [2.45, 2.75) is 6.18 Å². The number of anilines is 1. The summed E-state index contributed by atoms with van der Waals surface area (Å²) in [5.74, 6) is -2.52. The molecule has 7 nitrogen and oxygen atoms in total. The minimum Gasteiger partial charge on any atom is -0.480 e. The maximum Gasteiger partial charge on any atom is 0.416 e. The maximum atomic E-state index is 12.9. The molecule has 2 heterocycles. The number of carboxylic acid groups (broad SMARTS) is 1. The number of rotatable bonds is 3. The summed E-state index contributed by atoms with van der Waals surface area (Å²) >= 11 is 0.805. The van der Waals surface area contributed by atoms with Gasteiger partial charge in [0.15, 0.2) is 5.17 Å². The number of para-hydroxylation sites is 1. The first-order chi connectivity index (χ1) is 14.6. The molecule has 1 fully saturated rings. The van der Waals surface area contributed by atoms with Gasteiger partial charge in [-0.15, -0.1) is 0 Å². The Kier molecular flexibility index (Phi) is 5.05. The van der Waals surface area contributed by atoms with Crippen LogP contribution in [0.25, 0.3) is 5.57 Å². The average molecular weight is 447 g/mol. The van der Waals surface area contributed by atoms with E-state index >= 15 is 0 Å². The van der Waals surface area contributed by atoms with Gasteiger partial charge >= 0.3 is 12.1 Å². The molecular weight excluding hydrogens is 435 g/mol. The lowest BCUT2D eigenvalue weighted by Gasteiger charge is -2.13. The van der Waals surface area contributed by atoms with Crippen LogP contribution in [0.15, 0.2) is 58.4 Å². The van der Waals surface area contributed by atoms with E-state index in [0.717, 1.165) is 28.8 Å². The second kappa shape index (κ2) is 7.58. The van der Waals surface area contributed by atoms with Crippen LogP contribution in [-0.4, -0.2) is 34.6 Å². The van der Waals surface area contributed by atoms with Crippen molar-refractivity contribution >= 4 is 51.7 Å². The van der Waals surface area contributed by atoms with Gasteiger partial charge in [0.1, 0.15) is 6.54 Å². The van der Waals surface area contributed by atoms with Gasteiger partial charge in [-0.1, -0.05) is 24.3 Å². The molecule has 2 aromatic rings. The van der Waals surface area contributed by atoms with Crippen LogP contribution in [0.2, 0.25) is 0 Å². The summed E-state index contributed by atoms with van der Waals surface area (Å²) in [7, 11) is 0. The number of aliphatic carboxylic acids is 1. The van der Waals surface area contributed by atoms with Crippen molar-refractivity contribution < 1.29 is 32.7 Å². The molecule has 1 saturated heterocycles. The molecule has 2 amide bonds. The fourth-order valence-electron chi connectivity index (χ4n) is 3.20. The molecule has 0 aromatic heterocycles. The minimum atomic E-state index is -4.54. The number of benzene rings is 2. The zero-order valence-corrected chi connectivity index (χ0v) is 16.3. The molecule has 158 valence electrons. The van der Waals surface area contributed by atoms with Gasteiger partial charge in [0.2, 0.25) is 0 Å². The number of alkyl halides is 3. The molecule has 0 spiro atoms. The number of thioether (sulfide) groups is 1. The minimum absolute atomic E-state index is 0.00364. The fourth-order valence-corrected chi connectivity index (χ4v) is 4.13. The molecule has 0 atom stereocenters. The van der Waals surface area contributed by atoms with Gasteiger partial charge in [-0.05, 0) is 36.0 Å². The Bertz CT molecular complexity index is 1190. The van der Waals surface area contributed by atoms with E-state index < -0.39 is 36.1 Å². The standard InChI is InChI=1S/C20H12F3N3O4S/c21-20(22,23)10-4-3-5-11(8-10)24-19-25-17(29)16(31-19)15-12-6-1-2-7-13(12)26(18(15)30)9-14(27)28/h1-8H,9H2,(H,27,28)(H,24,25,29)/b16-15-. The van der Waals surface area contributed by atoms with Gasteiger partial charge in [-0.2, -0.15) is 13.2 Å². The molecule has 0 radical (unpaired) electrons. The molecule has 2 aliphatic heterocycles. The number of hydrogen-bond donors (Lipinski definition) is 2. The lowest BCUT2D eigenvalue weighted by atomic mass is 10.1. The Morgan fingerprint density at radius 1 is 1.13 bits per heavy atom. The van der Waals surface area contributed by atoms with E-state index in [0.29, 0.717) is 11.3 Å². The number of hydrogen-bond acceptors (Lipinski definition) is 5. The number of nitrogens with one attached hydrogen (secondary N) is 1. The Morgan fingerprint density at radius 3 is 2.58 bits per heavy atom. The van der Waals surface area contributed by atoms with Crippen LogP contribution in [0.4, 0.5) is 24.5 Å². The number of aliphatic imine (C=N–C) groups is 1. The summed E-state index contributed by atoms with van der Waals surface area (Å²) < 4.78 is 38.7. The van der Waals surface area contributed by atoms with Crippen molar-refractivity contribution in [2.24, 2.45) is 4.99 Å². The summed E-state index contributed by atoms with van der Waals surface area (Å²) in [6.07, 6.45) is -4.54. The summed E-state index contributed by atoms with van der Waals surface area (Å²) in [4.78, 5) is 41.7. The normalized spacial score (nSPS) is 19.7. The maximum absolute atomic E-state index is 12.9. The van der Waals surface area contributed by atoms with Gasteiger partial charge in [-0.3, -0.25) is 19.3 Å². The van der Waals surface area contributed by atoms with E-state index in [-0.39, 0.29) is 21.3 Å². The largest absolute Gasteiger partial charge is 0.480 e. The number of nitrogens with zero attached hydrogens (tertiary/aromatic N) is 2. The smallest absolute Gasteiger partial charge is 0.416 e. The lowest BCUT2D eigenvalue weighted by molar-refractivity contribution is -0.137. The molecule has 2 N–H and O–H groups in total. The van der Waals surface area contributed by atoms with Crippen LogP contribution in [0.1, 0.15) is 11.1 Å². The summed E-state index contributed by atoms with van der Waals surface area (Å²) in [6, 6.07) is 10.7. The third-order valence-corrected chi connectivity index (χ3v) is 5.45. The van der Waals surface area contributed by atoms with Gasteiger partial charge < -0.3 is 10.4 Å². The van der Waals surface area contributed by atoms with Crippen LogP contribution < -0.4 is 10.2 Å². The predicted octanol–water partition coefficient (Wildman–Crippen LogP) is 3.40. The molecule has 0 bridgehead atoms. The molecule has 2 aliphatic rings. The molecule has 0 unspecified atom stereocenters. The first-order valence-electron chi connectivity index (χ1n) is 8.77. The Hall–Kier alpha value is -3.60. The van der Waals surface area contributed by atoms with Gasteiger partial charge in [0, 0.05) is 5.56 Å². The van der Waals surface area contributed by atoms with E-state index in [1.807, 2.05) is 0 Å². The zero-order valence-electron chi connectivity index (χ0n) is 15.4. The Labute approximate surface area is 177 Å². The Morgan fingerprint density at radius 2 is 1.87 bits per heavy atom.